The van der Waals surface area contributed by atoms with E-state index in [0.29, 0.717) is 11.5 Å². The molecule has 1 heterocycles. The lowest BCUT2D eigenvalue weighted by Crippen LogP contribution is -2.48. The molecule has 1 rings (SSSR count). The van der Waals surface area contributed by atoms with Crippen LogP contribution in [0.3, 0.4) is 0 Å². The second-order valence-corrected chi connectivity index (χ2v) is 3.20. The Bertz CT molecular complexity index is 142. The Morgan fingerprint density at radius 2 is 2.30 bits per heavy atom. The van der Waals surface area contributed by atoms with Crippen molar-refractivity contribution in [2.45, 2.75) is 33.2 Å². The molecule has 0 radical (unpaired) electrons. The predicted octanol–water partition coefficient (Wildman–Crippen LogP) is 1.41. The van der Waals surface area contributed by atoms with Crippen molar-refractivity contribution in [1.82, 2.24) is 10.9 Å². The molecule has 2 heteroatoms. The van der Waals surface area contributed by atoms with Gasteiger partial charge in [-0.1, -0.05) is 19.9 Å². The van der Waals surface area contributed by atoms with E-state index in [4.69, 9.17) is 0 Å². The number of hydrogen-bond donors (Lipinski definition) is 2. The lowest BCUT2D eigenvalue weighted by Gasteiger charge is -2.35. The Labute approximate surface area is 62.7 Å². The van der Waals surface area contributed by atoms with E-state index in [-0.39, 0.29) is 0 Å². The first kappa shape index (κ1) is 7.61. The minimum Gasteiger partial charge on any atom is -0.329 e. The van der Waals surface area contributed by atoms with Crippen LogP contribution < -0.4 is 10.9 Å². The maximum Gasteiger partial charge on any atom is 0.0320 e. The summed E-state index contributed by atoms with van der Waals surface area (Å²) >= 11 is 0. The summed E-state index contributed by atoms with van der Waals surface area (Å²) in [7, 11) is 0. The van der Waals surface area contributed by atoms with Crippen LogP contribution in [-0.2, 0) is 0 Å². The molecule has 58 valence electrons. The first-order valence-corrected chi connectivity index (χ1v) is 3.88. The molecule has 1 aliphatic heterocycles. The van der Waals surface area contributed by atoms with Gasteiger partial charge < -0.3 is 5.43 Å². The van der Waals surface area contributed by atoms with Gasteiger partial charge in [0, 0.05) is 17.7 Å². The molecule has 0 bridgehead atoms. The van der Waals surface area contributed by atoms with Crippen LogP contribution in [0.4, 0.5) is 0 Å². The average Bonchev–Trinajstić information content (AvgIpc) is 1.96. The summed E-state index contributed by atoms with van der Waals surface area (Å²) < 4.78 is 0. The second kappa shape index (κ2) is 2.62. The van der Waals surface area contributed by atoms with Crippen molar-refractivity contribution in [3.05, 3.63) is 12.3 Å². The molecule has 0 aromatic carbocycles. The van der Waals surface area contributed by atoms with E-state index in [1.54, 1.807) is 0 Å². The van der Waals surface area contributed by atoms with Crippen molar-refractivity contribution in [1.29, 1.82) is 0 Å². The van der Waals surface area contributed by atoms with Gasteiger partial charge in [-0.2, -0.15) is 0 Å². The van der Waals surface area contributed by atoms with E-state index in [9.17, 15) is 0 Å². The molecule has 0 saturated carbocycles. The molecule has 1 aliphatic rings. The summed E-state index contributed by atoms with van der Waals surface area (Å²) in [5.74, 6) is 0. The highest BCUT2D eigenvalue weighted by molar-refractivity contribution is 5.03. The van der Waals surface area contributed by atoms with Crippen molar-refractivity contribution in [3.8, 4) is 0 Å². The number of hydrazine groups is 1. The van der Waals surface area contributed by atoms with Crippen molar-refractivity contribution < 1.29 is 0 Å². The van der Waals surface area contributed by atoms with E-state index in [2.05, 4.69) is 37.7 Å². The monoisotopic (exact) mass is 140 g/mol. The Kier molecular flexibility index (Phi) is 2.00. The molecule has 0 amide bonds. The van der Waals surface area contributed by atoms with E-state index >= 15 is 0 Å². The van der Waals surface area contributed by atoms with Crippen LogP contribution in [0.25, 0.3) is 0 Å². The van der Waals surface area contributed by atoms with Gasteiger partial charge in [0.1, 0.15) is 0 Å². The molecule has 2 nitrogen and oxygen atoms in total. The average molecular weight is 140 g/mol. The van der Waals surface area contributed by atoms with Crippen molar-refractivity contribution in [2.75, 3.05) is 0 Å². The molecular formula is C8H16N2. The van der Waals surface area contributed by atoms with Crippen molar-refractivity contribution >= 4 is 0 Å². The van der Waals surface area contributed by atoms with E-state index in [1.165, 1.54) is 6.42 Å². The summed E-state index contributed by atoms with van der Waals surface area (Å²) in [4.78, 5) is 0. The van der Waals surface area contributed by atoms with Gasteiger partial charge in [0.2, 0.25) is 0 Å². The van der Waals surface area contributed by atoms with Gasteiger partial charge in [0.05, 0.1) is 0 Å². The molecule has 0 aromatic rings. The zero-order valence-corrected chi connectivity index (χ0v) is 6.94. The normalized spacial score (nSPS) is 39.3. The summed E-state index contributed by atoms with van der Waals surface area (Å²) in [5.41, 5.74) is 6.50. The molecule has 0 saturated heterocycles. The fourth-order valence-electron chi connectivity index (χ4n) is 1.14. The van der Waals surface area contributed by atoms with Crippen molar-refractivity contribution in [2.24, 2.45) is 5.41 Å². The van der Waals surface area contributed by atoms with Crippen LogP contribution in [0.2, 0.25) is 0 Å². The first-order chi connectivity index (χ1) is 4.69. The Morgan fingerprint density at radius 3 is 2.70 bits per heavy atom. The molecule has 0 spiro atoms. The smallest absolute Gasteiger partial charge is 0.0320 e. The molecule has 10 heavy (non-hydrogen) atoms. The van der Waals surface area contributed by atoms with Crippen LogP contribution in [0, 0.1) is 5.41 Å². The van der Waals surface area contributed by atoms with Gasteiger partial charge in [-0.05, 0) is 13.3 Å². The Morgan fingerprint density at radius 1 is 1.60 bits per heavy atom. The van der Waals surface area contributed by atoms with E-state index < -0.39 is 0 Å². The highest BCUT2D eigenvalue weighted by Crippen LogP contribution is 2.28. The van der Waals surface area contributed by atoms with Gasteiger partial charge in [-0.3, -0.25) is 0 Å². The molecular weight excluding hydrogens is 124 g/mol. The number of hydrogen-bond acceptors (Lipinski definition) is 2. The van der Waals surface area contributed by atoms with Gasteiger partial charge in [-0.25, -0.2) is 5.43 Å². The minimum absolute atomic E-state index is 0.325. The third-order valence-electron chi connectivity index (χ3n) is 2.60. The van der Waals surface area contributed by atoms with Crippen LogP contribution in [0.5, 0.6) is 0 Å². The second-order valence-electron chi connectivity index (χ2n) is 3.20. The standard InChI is InChI=1S/C8H16N2/c1-4-8(3)5-6-9-10-7(8)2/h5-7,9-10H,4H2,1-3H3/t7?,8-/m1/s1. The van der Waals surface area contributed by atoms with Gasteiger partial charge in [-0.15, -0.1) is 0 Å². The summed E-state index contributed by atoms with van der Waals surface area (Å²) in [5, 5.41) is 0. The van der Waals surface area contributed by atoms with Gasteiger partial charge in [0.15, 0.2) is 0 Å². The van der Waals surface area contributed by atoms with Crippen LogP contribution in [0.15, 0.2) is 12.3 Å². The Hall–Kier alpha value is -0.500. The summed E-state index contributed by atoms with van der Waals surface area (Å²) in [6, 6.07) is 0.516. The number of rotatable bonds is 1. The predicted molar refractivity (Wildman–Crippen MR) is 43.3 cm³/mol. The molecule has 0 fully saturated rings. The summed E-state index contributed by atoms with van der Waals surface area (Å²) in [6.07, 6.45) is 5.39. The first-order valence-electron chi connectivity index (χ1n) is 3.88. The van der Waals surface area contributed by atoms with Crippen LogP contribution in [0.1, 0.15) is 27.2 Å². The topological polar surface area (TPSA) is 24.1 Å². The maximum absolute atomic E-state index is 3.19. The zero-order valence-electron chi connectivity index (χ0n) is 6.94. The number of nitrogens with one attached hydrogen (secondary N) is 2. The SMILES string of the molecule is CC[C@]1(C)C=CNNC1C. The zero-order chi connectivity index (χ0) is 7.61. The third-order valence-corrected chi connectivity index (χ3v) is 2.60. The fraction of sp³-hybridized carbons (Fsp3) is 0.750. The quantitative estimate of drug-likeness (QED) is 0.575. The largest absolute Gasteiger partial charge is 0.329 e. The summed E-state index contributed by atoms with van der Waals surface area (Å²) in [6.45, 7) is 6.68. The molecule has 0 aromatic heterocycles. The van der Waals surface area contributed by atoms with E-state index in [1.807, 2.05) is 6.20 Å². The lowest BCUT2D eigenvalue weighted by molar-refractivity contribution is 0.257. The minimum atomic E-state index is 0.325. The fourth-order valence-corrected chi connectivity index (χ4v) is 1.14. The highest BCUT2D eigenvalue weighted by Gasteiger charge is 2.27. The van der Waals surface area contributed by atoms with Gasteiger partial charge in [0.25, 0.3) is 0 Å². The van der Waals surface area contributed by atoms with Crippen LogP contribution in [-0.4, -0.2) is 6.04 Å². The highest BCUT2D eigenvalue weighted by atomic mass is 15.4. The lowest BCUT2D eigenvalue weighted by atomic mass is 9.80. The third kappa shape index (κ3) is 1.16. The van der Waals surface area contributed by atoms with Gasteiger partial charge >= 0.3 is 0 Å². The molecule has 0 aliphatic carbocycles. The maximum atomic E-state index is 3.19. The molecule has 1 unspecified atom stereocenters. The Balaban J connectivity index is 2.71. The van der Waals surface area contributed by atoms with Crippen LogP contribution >= 0.6 is 0 Å². The molecule has 2 N–H and O–H groups in total. The van der Waals surface area contributed by atoms with E-state index in [0.717, 1.165) is 0 Å². The molecule has 2 atom stereocenters. The van der Waals surface area contributed by atoms with Crippen molar-refractivity contribution in [3.63, 3.8) is 0 Å².